The van der Waals surface area contributed by atoms with Crippen LogP contribution in [0.3, 0.4) is 0 Å². The molecule has 1 N–H and O–H groups in total. The zero-order valence-corrected chi connectivity index (χ0v) is 11.6. The molecule has 3 nitrogen and oxygen atoms in total. The minimum Gasteiger partial charge on any atom is -0.497 e. The molecule has 1 rings (SSSR count). The SMILES string of the molecule is CCCCNCc1cc(OC)ccc1OC.Cl. The van der Waals surface area contributed by atoms with Crippen LogP contribution in [0.15, 0.2) is 18.2 Å². The van der Waals surface area contributed by atoms with E-state index < -0.39 is 0 Å². The van der Waals surface area contributed by atoms with Gasteiger partial charge in [0.25, 0.3) is 0 Å². The summed E-state index contributed by atoms with van der Waals surface area (Å²) in [4.78, 5) is 0. The van der Waals surface area contributed by atoms with Crippen LogP contribution in [0.2, 0.25) is 0 Å². The van der Waals surface area contributed by atoms with Crippen molar-refractivity contribution >= 4 is 12.4 Å². The molecule has 0 amide bonds. The predicted octanol–water partition coefficient (Wildman–Crippen LogP) is 3.02. The standard InChI is InChI=1S/C13H21NO2.ClH/c1-4-5-8-14-10-11-9-12(15-2)6-7-13(11)16-3;/h6-7,9,14H,4-5,8,10H2,1-3H3;1H. The highest BCUT2D eigenvalue weighted by Gasteiger charge is 2.04. The molecule has 0 aliphatic rings. The largest absolute Gasteiger partial charge is 0.497 e. The van der Waals surface area contributed by atoms with Crippen molar-refractivity contribution in [3.8, 4) is 11.5 Å². The fourth-order valence-corrected chi connectivity index (χ4v) is 1.54. The fraction of sp³-hybridized carbons (Fsp3) is 0.538. The van der Waals surface area contributed by atoms with Crippen molar-refractivity contribution in [2.75, 3.05) is 20.8 Å². The normalized spacial score (nSPS) is 9.59. The van der Waals surface area contributed by atoms with Crippen LogP contribution in [-0.2, 0) is 6.54 Å². The van der Waals surface area contributed by atoms with Crippen LogP contribution in [0.1, 0.15) is 25.3 Å². The van der Waals surface area contributed by atoms with E-state index in [1.807, 2.05) is 18.2 Å². The summed E-state index contributed by atoms with van der Waals surface area (Å²) >= 11 is 0. The molecular weight excluding hydrogens is 238 g/mol. The number of unbranched alkanes of at least 4 members (excludes halogenated alkanes) is 1. The zero-order chi connectivity index (χ0) is 11.8. The molecule has 0 unspecified atom stereocenters. The highest BCUT2D eigenvalue weighted by molar-refractivity contribution is 5.85. The molecule has 0 radical (unpaired) electrons. The van der Waals surface area contributed by atoms with E-state index in [0.717, 1.165) is 30.2 Å². The van der Waals surface area contributed by atoms with E-state index in [1.165, 1.54) is 12.8 Å². The third-order valence-corrected chi connectivity index (χ3v) is 2.51. The van der Waals surface area contributed by atoms with E-state index in [0.29, 0.717) is 0 Å². The first-order valence-electron chi connectivity index (χ1n) is 5.73. The van der Waals surface area contributed by atoms with Gasteiger partial charge in [-0.15, -0.1) is 12.4 Å². The second kappa shape index (κ2) is 9.14. The average molecular weight is 260 g/mol. The van der Waals surface area contributed by atoms with Gasteiger partial charge < -0.3 is 14.8 Å². The Bertz CT molecular complexity index is 318. The number of halogens is 1. The van der Waals surface area contributed by atoms with Crippen molar-refractivity contribution in [1.82, 2.24) is 5.32 Å². The van der Waals surface area contributed by atoms with Gasteiger partial charge >= 0.3 is 0 Å². The van der Waals surface area contributed by atoms with Crippen LogP contribution in [0.5, 0.6) is 11.5 Å². The number of hydrogen-bond donors (Lipinski definition) is 1. The van der Waals surface area contributed by atoms with Crippen molar-refractivity contribution in [2.45, 2.75) is 26.3 Å². The molecule has 1 aromatic rings. The van der Waals surface area contributed by atoms with Gasteiger partial charge in [0.05, 0.1) is 14.2 Å². The van der Waals surface area contributed by atoms with Gasteiger partial charge in [-0.3, -0.25) is 0 Å². The molecule has 17 heavy (non-hydrogen) atoms. The number of methoxy groups -OCH3 is 2. The third-order valence-electron chi connectivity index (χ3n) is 2.51. The Morgan fingerprint density at radius 2 is 1.94 bits per heavy atom. The number of ether oxygens (including phenoxy) is 2. The maximum Gasteiger partial charge on any atom is 0.123 e. The lowest BCUT2D eigenvalue weighted by molar-refractivity contribution is 0.397. The van der Waals surface area contributed by atoms with Crippen molar-refractivity contribution in [3.63, 3.8) is 0 Å². The van der Waals surface area contributed by atoms with Crippen molar-refractivity contribution in [3.05, 3.63) is 23.8 Å². The lowest BCUT2D eigenvalue weighted by Gasteiger charge is -2.11. The van der Waals surface area contributed by atoms with Crippen LogP contribution in [0, 0.1) is 0 Å². The number of benzene rings is 1. The Kier molecular flexibility index (Phi) is 8.64. The average Bonchev–Trinajstić information content (AvgIpc) is 2.34. The summed E-state index contributed by atoms with van der Waals surface area (Å²) in [6, 6.07) is 5.86. The molecule has 1 aromatic carbocycles. The van der Waals surface area contributed by atoms with Gasteiger partial charge in [-0.2, -0.15) is 0 Å². The van der Waals surface area contributed by atoms with E-state index >= 15 is 0 Å². The van der Waals surface area contributed by atoms with Crippen LogP contribution in [0.4, 0.5) is 0 Å². The molecule has 0 saturated heterocycles. The molecular formula is C13H22ClNO2. The lowest BCUT2D eigenvalue weighted by Crippen LogP contribution is -2.15. The summed E-state index contributed by atoms with van der Waals surface area (Å²) in [5.41, 5.74) is 1.14. The second-order valence-corrected chi connectivity index (χ2v) is 3.71. The van der Waals surface area contributed by atoms with Gasteiger partial charge in [-0.25, -0.2) is 0 Å². The molecule has 0 aliphatic heterocycles. The Morgan fingerprint density at radius 1 is 1.18 bits per heavy atom. The molecule has 4 heteroatoms. The highest BCUT2D eigenvalue weighted by Crippen LogP contribution is 2.23. The molecule has 98 valence electrons. The quantitative estimate of drug-likeness (QED) is 0.764. The monoisotopic (exact) mass is 259 g/mol. The van der Waals surface area contributed by atoms with E-state index in [1.54, 1.807) is 14.2 Å². The summed E-state index contributed by atoms with van der Waals surface area (Å²) < 4.78 is 10.5. The number of rotatable bonds is 7. The van der Waals surface area contributed by atoms with E-state index in [2.05, 4.69) is 12.2 Å². The Morgan fingerprint density at radius 3 is 2.53 bits per heavy atom. The van der Waals surface area contributed by atoms with E-state index in [4.69, 9.17) is 9.47 Å². The maximum atomic E-state index is 5.31. The smallest absolute Gasteiger partial charge is 0.123 e. The molecule has 0 saturated carbocycles. The zero-order valence-electron chi connectivity index (χ0n) is 10.8. The van der Waals surface area contributed by atoms with Crippen LogP contribution in [0.25, 0.3) is 0 Å². The molecule has 0 atom stereocenters. The fourth-order valence-electron chi connectivity index (χ4n) is 1.54. The van der Waals surface area contributed by atoms with Crippen LogP contribution >= 0.6 is 12.4 Å². The van der Waals surface area contributed by atoms with Crippen LogP contribution in [-0.4, -0.2) is 20.8 Å². The van der Waals surface area contributed by atoms with Crippen molar-refractivity contribution in [1.29, 1.82) is 0 Å². The van der Waals surface area contributed by atoms with Gasteiger partial charge in [0.1, 0.15) is 11.5 Å². The van der Waals surface area contributed by atoms with Crippen molar-refractivity contribution in [2.24, 2.45) is 0 Å². The summed E-state index contributed by atoms with van der Waals surface area (Å²) in [7, 11) is 3.37. The lowest BCUT2D eigenvalue weighted by atomic mass is 10.2. The summed E-state index contributed by atoms with van der Waals surface area (Å²) in [6.07, 6.45) is 2.41. The molecule has 0 aliphatic carbocycles. The predicted molar refractivity (Wildman–Crippen MR) is 73.4 cm³/mol. The Hall–Kier alpha value is -0.930. The number of hydrogen-bond acceptors (Lipinski definition) is 3. The van der Waals surface area contributed by atoms with Crippen molar-refractivity contribution < 1.29 is 9.47 Å². The minimum atomic E-state index is 0. The third kappa shape index (κ3) is 5.29. The minimum absolute atomic E-state index is 0. The summed E-state index contributed by atoms with van der Waals surface area (Å²) in [6.45, 7) is 4.05. The number of nitrogens with one attached hydrogen (secondary N) is 1. The first kappa shape index (κ1) is 16.1. The molecule has 0 fully saturated rings. The molecule has 0 heterocycles. The molecule has 0 spiro atoms. The topological polar surface area (TPSA) is 30.5 Å². The molecule has 0 bridgehead atoms. The van der Waals surface area contributed by atoms with E-state index in [-0.39, 0.29) is 12.4 Å². The van der Waals surface area contributed by atoms with Gasteiger partial charge in [-0.05, 0) is 31.2 Å². The highest BCUT2D eigenvalue weighted by atomic mass is 35.5. The first-order valence-corrected chi connectivity index (χ1v) is 5.73. The van der Waals surface area contributed by atoms with Crippen LogP contribution < -0.4 is 14.8 Å². The Balaban J connectivity index is 0.00000256. The first-order chi connectivity index (χ1) is 7.81. The summed E-state index contributed by atoms with van der Waals surface area (Å²) in [5.74, 6) is 1.78. The van der Waals surface area contributed by atoms with Gasteiger partial charge in [0, 0.05) is 12.1 Å². The second-order valence-electron chi connectivity index (χ2n) is 3.71. The van der Waals surface area contributed by atoms with Gasteiger partial charge in [-0.1, -0.05) is 13.3 Å². The maximum absolute atomic E-state index is 5.31. The van der Waals surface area contributed by atoms with E-state index in [9.17, 15) is 0 Å². The summed E-state index contributed by atoms with van der Waals surface area (Å²) in [5, 5.41) is 3.39. The van der Waals surface area contributed by atoms with Gasteiger partial charge in [0.2, 0.25) is 0 Å². The molecule has 0 aromatic heterocycles. The Labute approximate surface area is 110 Å². The van der Waals surface area contributed by atoms with Gasteiger partial charge in [0.15, 0.2) is 0 Å².